The van der Waals surface area contributed by atoms with E-state index in [0.717, 1.165) is 5.69 Å². The third kappa shape index (κ3) is 3.79. The summed E-state index contributed by atoms with van der Waals surface area (Å²) in [7, 11) is 0. The average Bonchev–Trinajstić information content (AvgIpc) is 3.13. The largest absolute Gasteiger partial charge is 0.340 e. The quantitative estimate of drug-likeness (QED) is 0.426. The minimum absolute atomic E-state index is 0.120. The Hall–Kier alpha value is -4.08. The maximum atomic E-state index is 11.1. The van der Waals surface area contributed by atoms with Gasteiger partial charge in [-0.1, -0.05) is 0 Å². The van der Waals surface area contributed by atoms with Crippen molar-refractivity contribution in [1.82, 2.24) is 29.9 Å². The molecule has 0 aliphatic rings. The number of imidazole rings is 1. The molecule has 0 saturated heterocycles. The molecule has 4 rings (SSSR count). The molecule has 4 N–H and O–H groups in total. The van der Waals surface area contributed by atoms with E-state index in [1.54, 1.807) is 37.1 Å². The van der Waals surface area contributed by atoms with Gasteiger partial charge >= 0.3 is 0 Å². The molecule has 0 aliphatic carbocycles. The van der Waals surface area contributed by atoms with Crippen LogP contribution in [0.3, 0.4) is 0 Å². The lowest BCUT2D eigenvalue weighted by Gasteiger charge is -2.10. The predicted octanol–water partition coefficient (Wildman–Crippen LogP) is 2.59. The van der Waals surface area contributed by atoms with Crippen LogP contribution in [-0.2, 0) is 4.79 Å². The van der Waals surface area contributed by atoms with E-state index < -0.39 is 0 Å². The molecular formula is C17H15N9O. The second-order valence-electron chi connectivity index (χ2n) is 5.60. The molecule has 0 unspecified atom stereocenters. The molecule has 0 radical (unpaired) electrons. The van der Waals surface area contributed by atoms with E-state index in [1.165, 1.54) is 6.92 Å². The number of H-pyrrole nitrogens is 1. The molecule has 1 amide bonds. The minimum Gasteiger partial charge on any atom is -0.340 e. The monoisotopic (exact) mass is 361 g/mol. The normalized spacial score (nSPS) is 10.6. The van der Waals surface area contributed by atoms with E-state index in [0.29, 0.717) is 34.4 Å². The lowest BCUT2D eigenvalue weighted by Crippen LogP contribution is -2.06. The number of nitrogens with one attached hydrogen (secondary N) is 4. The first-order valence-corrected chi connectivity index (χ1v) is 8.06. The van der Waals surface area contributed by atoms with Gasteiger partial charge in [-0.25, -0.2) is 9.97 Å². The molecule has 0 fully saturated rings. The van der Waals surface area contributed by atoms with Crippen LogP contribution in [0, 0.1) is 0 Å². The van der Waals surface area contributed by atoms with Gasteiger partial charge in [-0.15, -0.1) is 0 Å². The highest BCUT2D eigenvalue weighted by molar-refractivity contribution is 5.89. The Bertz CT molecular complexity index is 1080. The summed E-state index contributed by atoms with van der Waals surface area (Å²) >= 11 is 0. The first-order chi connectivity index (χ1) is 13.2. The van der Waals surface area contributed by atoms with E-state index in [-0.39, 0.29) is 5.91 Å². The van der Waals surface area contributed by atoms with Crippen LogP contribution in [0.4, 0.5) is 29.0 Å². The van der Waals surface area contributed by atoms with Crippen LogP contribution in [0.2, 0.25) is 0 Å². The Balaban J connectivity index is 1.62. The fraction of sp³-hybridized carbons (Fsp3) is 0.0588. The van der Waals surface area contributed by atoms with Crippen LogP contribution in [0.25, 0.3) is 11.2 Å². The van der Waals surface area contributed by atoms with E-state index >= 15 is 0 Å². The number of anilines is 5. The Morgan fingerprint density at radius 2 is 1.81 bits per heavy atom. The number of aromatic amines is 1. The van der Waals surface area contributed by atoms with Gasteiger partial charge in [0.15, 0.2) is 17.3 Å². The number of aromatic nitrogens is 6. The van der Waals surface area contributed by atoms with E-state index in [2.05, 4.69) is 45.9 Å². The molecule has 0 spiro atoms. The van der Waals surface area contributed by atoms with Crippen LogP contribution in [0.15, 0.2) is 49.2 Å². The molecule has 1 aromatic carbocycles. The van der Waals surface area contributed by atoms with Crippen molar-refractivity contribution in [2.75, 3.05) is 16.0 Å². The first-order valence-electron chi connectivity index (χ1n) is 8.06. The lowest BCUT2D eigenvalue weighted by atomic mass is 10.2. The second kappa shape index (κ2) is 7.04. The fourth-order valence-corrected chi connectivity index (χ4v) is 2.43. The van der Waals surface area contributed by atoms with E-state index in [1.807, 2.05) is 12.1 Å². The van der Waals surface area contributed by atoms with Crippen molar-refractivity contribution in [3.63, 3.8) is 0 Å². The highest BCUT2D eigenvalue weighted by Crippen LogP contribution is 2.24. The number of carbonyl (C=O) groups is 1. The number of benzene rings is 1. The number of rotatable bonds is 5. The standard InChI is InChI=1S/C17H15N9O/c1-10(27)22-11-2-4-12(5-3-11)23-16-14-15(21-9-20-14)25-17(26-16)24-13-8-18-6-7-19-13/h2-9H,1H3,(H,22,27)(H3,19,20,21,23,24,25,26). The Morgan fingerprint density at radius 3 is 2.56 bits per heavy atom. The van der Waals surface area contributed by atoms with Crippen molar-refractivity contribution in [2.24, 2.45) is 0 Å². The summed E-state index contributed by atoms with van der Waals surface area (Å²) in [5.74, 6) is 1.30. The molecule has 0 atom stereocenters. The zero-order valence-corrected chi connectivity index (χ0v) is 14.3. The number of hydrogen-bond acceptors (Lipinski definition) is 8. The molecule has 3 aromatic heterocycles. The highest BCUT2D eigenvalue weighted by atomic mass is 16.1. The molecule has 10 heteroatoms. The molecule has 10 nitrogen and oxygen atoms in total. The highest BCUT2D eigenvalue weighted by Gasteiger charge is 2.11. The zero-order chi connectivity index (χ0) is 18.6. The minimum atomic E-state index is -0.120. The number of carbonyl (C=O) groups excluding carboxylic acids is 1. The van der Waals surface area contributed by atoms with Gasteiger partial charge in [-0.3, -0.25) is 9.78 Å². The number of fused-ring (bicyclic) bond motifs is 1. The summed E-state index contributed by atoms with van der Waals surface area (Å²) in [6.45, 7) is 1.47. The van der Waals surface area contributed by atoms with Crippen molar-refractivity contribution in [3.8, 4) is 0 Å². The van der Waals surface area contributed by atoms with Gasteiger partial charge in [-0.05, 0) is 24.3 Å². The van der Waals surface area contributed by atoms with Gasteiger partial charge in [0.2, 0.25) is 11.9 Å². The second-order valence-corrected chi connectivity index (χ2v) is 5.60. The van der Waals surface area contributed by atoms with Gasteiger partial charge in [0, 0.05) is 30.7 Å². The van der Waals surface area contributed by atoms with Crippen molar-refractivity contribution < 1.29 is 4.79 Å². The smallest absolute Gasteiger partial charge is 0.232 e. The van der Waals surface area contributed by atoms with Crippen molar-refractivity contribution >= 4 is 46.0 Å². The number of amides is 1. The summed E-state index contributed by atoms with van der Waals surface area (Å²) in [6, 6.07) is 7.28. The average molecular weight is 361 g/mol. The maximum Gasteiger partial charge on any atom is 0.232 e. The van der Waals surface area contributed by atoms with Gasteiger partial charge in [0.25, 0.3) is 0 Å². The molecule has 27 heavy (non-hydrogen) atoms. The molecule has 3 heterocycles. The summed E-state index contributed by atoms with van der Waals surface area (Å²) in [4.78, 5) is 35.4. The van der Waals surface area contributed by atoms with E-state index in [4.69, 9.17) is 0 Å². The fourth-order valence-electron chi connectivity index (χ4n) is 2.43. The third-order valence-electron chi connectivity index (χ3n) is 3.56. The Kier molecular flexibility index (Phi) is 4.27. The number of hydrogen-bond donors (Lipinski definition) is 4. The Labute approximate surface area is 153 Å². The zero-order valence-electron chi connectivity index (χ0n) is 14.3. The van der Waals surface area contributed by atoms with Crippen molar-refractivity contribution in [1.29, 1.82) is 0 Å². The molecule has 0 bridgehead atoms. The van der Waals surface area contributed by atoms with Crippen molar-refractivity contribution in [2.45, 2.75) is 6.92 Å². The lowest BCUT2D eigenvalue weighted by molar-refractivity contribution is -0.114. The van der Waals surface area contributed by atoms with Crippen LogP contribution in [-0.4, -0.2) is 35.8 Å². The molecule has 4 aromatic rings. The molecular weight excluding hydrogens is 346 g/mol. The summed E-state index contributed by atoms with van der Waals surface area (Å²) in [5.41, 5.74) is 2.69. The van der Waals surface area contributed by atoms with Gasteiger partial charge in [0.1, 0.15) is 5.52 Å². The summed E-state index contributed by atoms with van der Waals surface area (Å²) < 4.78 is 0. The third-order valence-corrected chi connectivity index (χ3v) is 3.56. The van der Waals surface area contributed by atoms with Crippen LogP contribution in [0.5, 0.6) is 0 Å². The van der Waals surface area contributed by atoms with Crippen molar-refractivity contribution in [3.05, 3.63) is 49.2 Å². The predicted molar refractivity (Wildman–Crippen MR) is 101 cm³/mol. The number of nitrogens with zero attached hydrogens (tertiary/aromatic N) is 5. The molecule has 134 valence electrons. The SMILES string of the molecule is CC(=O)Nc1ccc(Nc2nc(Nc3cnccn3)nc3nc[nH]c23)cc1. The van der Waals surface area contributed by atoms with Crippen LogP contribution in [0.1, 0.15) is 6.92 Å². The van der Waals surface area contributed by atoms with Gasteiger partial charge in [0.05, 0.1) is 12.5 Å². The van der Waals surface area contributed by atoms with E-state index in [9.17, 15) is 4.79 Å². The maximum absolute atomic E-state index is 11.1. The van der Waals surface area contributed by atoms with Gasteiger partial charge in [-0.2, -0.15) is 9.97 Å². The molecule has 0 aliphatic heterocycles. The van der Waals surface area contributed by atoms with Crippen LogP contribution >= 0.6 is 0 Å². The topological polar surface area (TPSA) is 133 Å². The molecule has 0 saturated carbocycles. The Morgan fingerprint density at radius 1 is 1.00 bits per heavy atom. The summed E-state index contributed by atoms with van der Waals surface area (Å²) in [6.07, 6.45) is 6.29. The van der Waals surface area contributed by atoms with Gasteiger partial charge < -0.3 is 20.9 Å². The van der Waals surface area contributed by atoms with Crippen LogP contribution < -0.4 is 16.0 Å². The first kappa shape index (κ1) is 16.4. The summed E-state index contributed by atoms with van der Waals surface area (Å²) in [5, 5.41) is 8.96.